The summed E-state index contributed by atoms with van der Waals surface area (Å²) in [6.45, 7) is 3.28. The maximum absolute atomic E-state index is 12.9. The summed E-state index contributed by atoms with van der Waals surface area (Å²) in [5.74, 6) is -1.16. The second kappa shape index (κ2) is 9.23. The summed E-state index contributed by atoms with van der Waals surface area (Å²) < 4.78 is 0. The smallest absolute Gasteiger partial charge is 0.321 e. The van der Waals surface area contributed by atoms with Crippen LogP contribution in [-0.2, 0) is 6.42 Å². The predicted octanol–water partition coefficient (Wildman–Crippen LogP) is 2.55. The average Bonchev–Trinajstić information content (AvgIpc) is 3.09. The van der Waals surface area contributed by atoms with Crippen molar-refractivity contribution in [1.82, 2.24) is 20.2 Å². The van der Waals surface area contributed by atoms with Gasteiger partial charge in [-0.25, -0.2) is 9.78 Å². The Morgan fingerprint density at radius 2 is 2.10 bits per heavy atom. The highest BCUT2D eigenvalue weighted by atomic mass is 32.1. The first kappa shape index (κ1) is 21.1. The van der Waals surface area contributed by atoms with Crippen LogP contribution in [0.15, 0.2) is 18.3 Å². The molecule has 29 heavy (non-hydrogen) atoms. The van der Waals surface area contributed by atoms with Gasteiger partial charge < -0.3 is 10.2 Å². The number of fused-ring (bicyclic) bond motifs is 1. The number of carbonyl (C=O) groups excluding carboxylic acids is 3. The number of aryl methyl sites for hydroxylation is 2. The van der Waals surface area contributed by atoms with E-state index in [1.54, 1.807) is 12.1 Å². The lowest BCUT2D eigenvalue weighted by Crippen LogP contribution is -2.31. The van der Waals surface area contributed by atoms with Crippen molar-refractivity contribution in [2.75, 3.05) is 32.5 Å². The van der Waals surface area contributed by atoms with E-state index in [0.717, 1.165) is 30.0 Å². The summed E-state index contributed by atoms with van der Waals surface area (Å²) in [5, 5.41) is 5.84. The van der Waals surface area contributed by atoms with Gasteiger partial charge in [-0.2, -0.15) is 0 Å². The zero-order chi connectivity index (χ0) is 21.0. The van der Waals surface area contributed by atoms with Crippen LogP contribution in [0.4, 0.5) is 9.93 Å². The van der Waals surface area contributed by atoms with E-state index in [1.807, 2.05) is 25.9 Å². The van der Waals surface area contributed by atoms with Crippen LogP contribution < -0.4 is 10.6 Å². The fourth-order valence-electron chi connectivity index (χ4n) is 3.14. The maximum Gasteiger partial charge on any atom is 0.321 e. The molecule has 0 aromatic carbocycles. The number of hydrogen-bond donors (Lipinski definition) is 2. The Kier molecular flexibility index (Phi) is 6.71. The fourth-order valence-corrected chi connectivity index (χ4v) is 4.14. The summed E-state index contributed by atoms with van der Waals surface area (Å²) in [5.41, 5.74) is 1.91. The molecule has 2 heterocycles. The number of hydrogen-bond acceptors (Lipinski definition) is 7. The van der Waals surface area contributed by atoms with Gasteiger partial charge in [0, 0.05) is 24.0 Å². The highest BCUT2D eigenvalue weighted by Gasteiger charge is 2.36. The number of ketones is 2. The van der Waals surface area contributed by atoms with Crippen LogP contribution in [0.25, 0.3) is 0 Å². The highest BCUT2D eigenvalue weighted by molar-refractivity contribution is 7.17. The third-order valence-electron chi connectivity index (χ3n) is 4.71. The number of anilines is 1. The van der Waals surface area contributed by atoms with E-state index in [1.165, 1.54) is 6.20 Å². The van der Waals surface area contributed by atoms with Gasteiger partial charge in [0.2, 0.25) is 0 Å². The van der Waals surface area contributed by atoms with Gasteiger partial charge in [0.1, 0.15) is 0 Å². The molecule has 2 aromatic heterocycles. The molecule has 0 fully saturated rings. The molecule has 1 aliphatic rings. The largest absolute Gasteiger partial charge is 0.338 e. The number of urea groups is 1. The first-order chi connectivity index (χ1) is 13.8. The third-order valence-corrected chi connectivity index (χ3v) is 5.74. The normalized spacial score (nSPS) is 15.9. The monoisotopic (exact) mass is 415 g/mol. The predicted molar refractivity (Wildman–Crippen MR) is 112 cm³/mol. The van der Waals surface area contributed by atoms with Crippen LogP contribution in [0.5, 0.6) is 0 Å². The molecule has 154 valence electrons. The van der Waals surface area contributed by atoms with E-state index in [0.29, 0.717) is 40.7 Å². The number of nitrogens with zero attached hydrogens (tertiary/aromatic N) is 3. The van der Waals surface area contributed by atoms with Crippen molar-refractivity contribution in [2.24, 2.45) is 5.92 Å². The zero-order valence-corrected chi connectivity index (χ0v) is 17.6. The Bertz CT molecular complexity index is 907. The average molecular weight is 416 g/mol. The number of rotatable bonds is 7. The second-order valence-corrected chi connectivity index (χ2v) is 8.34. The van der Waals surface area contributed by atoms with E-state index in [-0.39, 0.29) is 17.6 Å². The summed E-state index contributed by atoms with van der Waals surface area (Å²) in [7, 11) is 3.95. The molecule has 1 atom stereocenters. The van der Waals surface area contributed by atoms with E-state index in [4.69, 9.17) is 0 Å². The molecular formula is C20H25N5O3S. The fraction of sp³-hybridized carbons (Fsp3) is 0.450. The van der Waals surface area contributed by atoms with Crippen LogP contribution in [0, 0.1) is 12.8 Å². The molecule has 0 radical (unpaired) electrons. The Morgan fingerprint density at radius 1 is 1.31 bits per heavy atom. The first-order valence-electron chi connectivity index (χ1n) is 9.55. The number of amides is 2. The summed E-state index contributed by atoms with van der Waals surface area (Å²) >= 11 is 1.13. The van der Waals surface area contributed by atoms with Gasteiger partial charge in [0.15, 0.2) is 16.7 Å². The van der Waals surface area contributed by atoms with Gasteiger partial charge in [-0.15, -0.1) is 0 Å². The molecule has 0 saturated carbocycles. The van der Waals surface area contributed by atoms with Crippen LogP contribution >= 0.6 is 11.3 Å². The number of Topliss-reactive ketones (excluding diaryl/α,β-unsaturated/α-hetero) is 2. The molecule has 2 amide bonds. The molecule has 8 nitrogen and oxygen atoms in total. The summed E-state index contributed by atoms with van der Waals surface area (Å²) in [6, 6.07) is 3.12. The summed E-state index contributed by atoms with van der Waals surface area (Å²) in [4.78, 5) is 48.7. The first-order valence-corrected chi connectivity index (χ1v) is 10.4. The van der Waals surface area contributed by atoms with Gasteiger partial charge in [-0.1, -0.05) is 11.3 Å². The zero-order valence-electron chi connectivity index (χ0n) is 16.8. The number of aromatic nitrogens is 2. The van der Waals surface area contributed by atoms with Gasteiger partial charge in [0.05, 0.1) is 16.5 Å². The topological polar surface area (TPSA) is 104 Å². The SMILES string of the molecule is Cc1ccc(C(=O)C2CCc3nc(NC(=O)NCCCN(C)C)sc3C2=O)cn1. The standard InChI is InChI=1S/C20H25N5O3S/c1-12-5-6-13(11-22-12)16(26)14-7-8-15-18(17(14)27)29-20(23-15)24-19(28)21-9-4-10-25(2)3/h5-6,11,14H,4,7-10H2,1-3H3,(H2,21,23,24,28). The van der Waals surface area contributed by atoms with Crippen LogP contribution in [0.3, 0.4) is 0 Å². The number of thiazole rings is 1. The third kappa shape index (κ3) is 5.24. The van der Waals surface area contributed by atoms with Crippen molar-refractivity contribution in [3.05, 3.63) is 40.2 Å². The highest BCUT2D eigenvalue weighted by Crippen LogP contribution is 2.33. The minimum absolute atomic E-state index is 0.213. The minimum Gasteiger partial charge on any atom is -0.338 e. The number of nitrogens with one attached hydrogen (secondary N) is 2. The molecule has 2 aromatic rings. The van der Waals surface area contributed by atoms with Crippen LogP contribution in [0.2, 0.25) is 0 Å². The minimum atomic E-state index is -0.722. The molecule has 0 aliphatic heterocycles. The molecule has 1 aliphatic carbocycles. The van der Waals surface area contributed by atoms with E-state index >= 15 is 0 Å². The molecule has 3 rings (SSSR count). The van der Waals surface area contributed by atoms with Crippen molar-refractivity contribution in [1.29, 1.82) is 0 Å². The van der Waals surface area contributed by atoms with Gasteiger partial charge in [-0.3, -0.25) is 19.9 Å². The Labute approximate surface area is 173 Å². The quantitative estimate of drug-likeness (QED) is 0.409. The molecular weight excluding hydrogens is 390 g/mol. The van der Waals surface area contributed by atoms with E-state index in [9.17, 15) is 14.4 Å². The van der Waals surface area contributed by atoms with Crippen LogP contribution in [-0.4, -0.2) is 59.7 Å². The lowest BCUT2D eigenvalue weighted by Gasteiger charge is -2.18. The molecule has 0 saturated heterocycles. The molecule has 2 N–H and O–H groups in total. The van der Waals surface area contributed by atoms with Gasteiger partial charge in [0.25, 0.3) is 0 Å². The van der Waals surface area contributed by atoms with Crippen molar-refractivity contribution >= 4 is 34.1 Å². The lowest BCUT2D eigenvalue weighted by atomic mass is 9.84. The van der Waals surface area contributed by atoms with Crippen molar-refractivity contribution in [3.63, 3.8) is 0 Å². The van der Waals surface area contributed by atoms with Crippen molar-refractivity contribution in [3.8, 4) is 0 Å². The molecule has 9 heteroatoms. The van der Waals surface area contributed by atoms with Gasteiger partial charge >= 0.3 is 6.03 Å². The lowest BCUT2D eigenvalue weighted by molar-refractivity contribution is 0.0792. The van der Waals surface area contributed by atoms with Crippen molar-refractivity contribution in [2.45, 2.75) is 26.2 Å². The van der Waals surface area contributed by atoms with Gasteiger partial charge in [-0.05, 0) is 59.0 Å². The Balaban J connectivity index is 1.62. The maximum atomic E-state index is 12.9. The molecule has 1 unspecified atom stereocenters. The second-order valence-electron chi connectivity index (χ2n) is 7.34. The molecule has 0 bridgehead atoms. The summed E-state index contributed by atoms with van der Waals surface area (Å²) in [6.07, 6.45) is 3.30. The Morgan fingerprint density at radius 3 is 2.79 bits per heavy atom. The van der Waals surface area contributed by atoms with E-state index in [2.05, 4.69) is 20.6 Å². The molecule has 0 spiro atoms. The van der Waals surface area contributed by atoms with Crippen LogP contribution in [0.1, 0.15) is 44.3 Å². The van der Waals surface area contributed by atoms with E-state index < -0.39 is 5.92 Å². The van der Waals surface area contributed by atoms with Crippen molar-refractivity contribution < 1.29 is 14.4 Å². The Hall–Kier alpha value is -2.65. The number of pyridine rings is 1. The number of carbonyl (C=O) groups is 3.